The van der Waals surface area contributed by atoms with Crippen molar-refractivity contribution in [1.82, 2.24) is 5.06 Å². The number of hydrogen-bond donors (Lipinski definition) is 0. The van der Waals surface area contributed by atoms with Crippen LogP contribution in [0.4, 0.5) is 13.2 Å². The highest BCUT2D eigenvalue weighted by molar-refractivity contribution is 9.09. The normalized spacial score (nSPS) is 19.8. The number of nitrogens with zero attached hydrogens (tertiary/aromatic N) is 1. The van der Waals surface area contributed by atoms with E-state index in [1.165, 1.54) is 0 Å². The number of rotatable bonds is 3. The molecule has 0 aromatic heterocycles. The third-order valence-corrected chi connectivity index (χ3v) is 2.99. The van der Waals surface area contributed by atoms with Gasteiger partial charge < -0.3 is 4.84 Å². The maximum Gasteiger partial charge on any atom is 0.492 e. The van der Waals surface area contributed by atoms with Crippen LogP contribution in [0.25, 0.3) is 0 Å². The van der Waals surface area contributed by atoms with Crippen molar-refractivity contribution in [3.05, 3.63) is 0 Å². The minimum Gasteiger partial charge on any atom is -0.361 e. The molecule has 3 nitrogen and oxygen atoms in total. The molecule has 0 aliphatic carbocycles. The van der Waals surface area contributed by atoms with Crippen LogP contribution in [0.5, 0.6) is 0 Å². The van der Waals surface area contributed by atoms with E-state index in [0.717, 1.165) is 29.7 Å². The average molecular weight is 304 g/mol. The fourth-order valence-electron chi connectivity index (χ4n) is 1.61. The first-order valence-corrected chi connectivity index (χ1v) is 6.15. The Kier molecular flexibility index (Phi) is 5.04. The molecule has 0 N–H and O–H groups in total. The Hall–Kier alpha value is -0.300. The predicted molar refractivity (Wildman–Crippen MR) is 54.9 cm³/mol. The van der Waals surface area contributed by atoms with Crippen molar-refractivity contribution in [1.29, 1.82) is 0 Å². The molecular formula is C9H13BrF3NO2. The summed E-state index contributed by atoms with van der Waals surface area (Å²) in [6, 6.07) is 0. The lowest BCUT2D eigenvalue weighted by atomic mass is 9.95. The van der Waals surface area contributed by atoms with Crippen LogP contribution < -0.4 is 0 Å². The molecule has 0 amide bonds. The Balaban J connectivity index is 2.30. The van der Waals surface area contributed by atoms with E-state index in [1.807, 2.05) is 0 Å². The second kappa shape index (κ2) is 5.86. The minimum atomic E-state index is -4.91. The maximum atomic E-state index is 11.9. The molecule has 16 heavy (non-hydrogen) atoms. The van der Waals surface area contributed by atoms with E-state index >= 15 is 0 Å². The Bertz CT molecular complexity index is 239. The largest absolute Gasteiger partial charge is 0.492 e. The third-order valence-electron chi connectivity index (χ3n) is 2.53. The van der Waals surface area contributed by atoms with E-state index in [-0.39, 0.29) is 0 Å². The minimum absolute atomic E-state index is 0.374. The quantitative estimate of drug-likeness (QED) is 0.750. The molecule has 0 atom stereocenters. The standard InChI is InChI=1S/C9H13BrF3NO2/c10-4-1-7-2-5-14(6-3-7)16-8(15)9(11,12)13/h7H,1-6H2. The molecule has 0 unspecified atom stereocenters. The van der Waals surface area contributed by atoms with Crippen LogP contribution in [0.3, 0.4) is 0 Å². The van der Waals surface area contributed by atoms with E-state index in [4.69, 9.17) is 0 Å². The van der Waals surface area contributed by atoms with Crippen molar-refractivity contribution in [3.63, 3.8) is 0 Å². The van der Waals surface area contributed by atoms with Crippen LogP contribution in [0.15, 0.2) is 0 Å². The van der Waals surface area contributed by atoms with Crippen LogP contribution in [-0.2, 0) is 9.63 Å². The van der Waals surface area contributed by atoms with E-state index in [9.17, 15) is 18.0 Å². The first kappa shape index (κ1) is 13.8. The van der Waals surface area contributed by atoms with Gasteiger partial charge in [0.25, 0.3) is 0 Å². The Morgan fingerprint density at radius 1 is 1.38 bits per heavy atom. The molecule has 0 aromatic rings. The fraction of sp³-hybridized carbons (Fsp3) is 0.889. The molecule has 0 bridgehead atoms. The number of carbonyl (C=O) groups is 1. The second-order valence-electron chi connectivity index (χ2n) is 3.73. The first-order chi connectivity index (χ1) is 7.43. The summed E-state index contributed by atoms with van der Waals surface area (Å²) in [4.78, 5) is 14.8. The number of hydrogen-bond acceptors (Lipinski definition) is 3. The molecule has 0 spiro atoms. The molecule has 1 saturated heterocycles. The lowest BCUT2D eigenvalue weighted by Gasteiger charge is -2.30. The van der Waals surface area contributed by atoms with Gasteiger partial charge >= 0.3 is 12.1 Å². The zero-order valence-electron chi connectivity index (χ0n) is 8.60. The van der Waals surface area contributed by atoms with Gasteiger partial charge in [-0.25, -0.2) is 4.79 Å². The molecule has 0 saturated carbocycles. The zero-order chi connectivity index (χ0) is 12.2. The van der Waals surface area contributed by atoms with Crippen molar-refractivity contribution in [3.8, 4) is 0 Å². The number of hydroxylamine groups is 2. The summed E-state index contributed by atoms with van der Waals surface area (Å²) in [5.41, 5.74) is 0. The maximum absolute atomic E-state index is 11.9. The van der Waals surface area contributed by atoms with E-state index in [1.54, 1.807) is 0 Å². The van der Waals surface area contributed by atoms with Crippen molar-refractivity contribution in [2.75, 3.05) is 18.4 Å². The smallest absolute Gasteiger partial charge is 0.361 e. The van der Waals surface area contributed by atoms with Gasteiger partial charge in [-0.2, -0.15) is 13.2 Å². The van der Waals surface area contributed by atoms with Crippen LogP contribution in [0, 0.1) is 5.92 Å². The van der Waals surface area contributed by atoms with Gasteiger partial charge in [0.05, 0.1) is 0 Å². The van der Waals surface area contributed by atoms with Gasteiger partial charge in [-0.15, -0.1) is 5.06 Å². The van der Waals surface area contributed by atoms with Crippen LogP contribution in [0.1, 0.15) is 19.3 Å². The van der Waals surface area contributed by atoms with Crippen LogP contribution >= 0.6 is 15.9 Å². The van der Waals surface area contributed by atoms with E-state index in [0.29, 0.717) is 19.0 Å². The highest BCUT2D eigenvalue weighted by Crippen LogP contribution is 2.23. The molecule has 1 aliphatic rings. The summed E-state index contributed by atoms with van der Waals surface area (Å²) in [5.74, 6) is -1.63. The van der Waals surface area contributed by atoms with E-state index < -0.39 is 12.1 Å². The lowest BCUT2D eigenvalue weighted by molar-refractivity contribution is -0.242. The summed E-state index contributed by atoms with van der Waals surface area (Å²) in [5, 5.41) is 1.99. The first-order valence-electron chi connectivity index (χ1n) is 5.03. The number of alkyl halides is 4. The molecule has 7 heteroatoms. The summed E-state index contributed by atoms with van der Waals surface area (Å²) in [6.45, 7) is 0.749. The summed E-state index contributed by atoms with van der Waals surface area (Å²) < 4.78 is 35.7. The average Bonchev–Trinajstić information content (AvgIpc) is 2.20. The molecule has 0 radical (unpaired) electrons. The lowest BCUT2D eigenvalue weighted by Crippen LogP contribution is -2.39. The van der Waals surface area contributed by atoms with Crippen molar-refractivity contribution in [2.24, 2.45) is 5.92 Å². The molecular weight excluding hydrogens is 291 g/mol. The Labute approximate surface area is 100 Å². The number of halogens is 4. The van der Waals surface area contributed by atoms with Gasteiger partial charge in [0.1, 0.15) is 0 Å². The molecule has 1 rings (SSSR count). The monoisotopic (exact) mass is 303 g/mol. The highest BCUT2D eigenvalue weighted by Gasteiger charge is 2.42. The van der Waals surface area contributed by atoms with Gasteiger partial charge in [0.15, 0.2) is 0 Å². The molecule has 1 fully saturated rings. The van der Waals surface area contributed by atoms with Crippen molar-refractivity contribution >= 4 is 21.9 Å². The molecule has 0 aromatic carbocycles. The SMILES string of the molecule is O=C(ON1CCC(CCBr)CC1)C(F)(F)F. The van der Waals surface area contributed by atoms with E-state index in [2.05, 4.69) is 20.8 Å². The number of carbonyl (C=O) groups excluding carboxylic acids is 1. The third kappa shape index (κ3) is 4.29. The van der Waals surface area contributed by atoms with Crippen LogP contribution in [-0.4, -0.2) is 35.6 Å². The predicted octanol–water partition coefficient (Wildman–Crippen LogP) is 2.50. The Morgan fingerprint density at radius 3 is 2.38 bits per heavy atom. The Morgan fingerprint density at radius 2 is 1.94 bits per heavy atom. The fourth-order valence-corrected chi connectivity index (χ4v) is 2.26. The number of piperidine rings is 1. The zero-order valence-corrected chi connectivity index (χ0v) is 10.2. The van der Waals surface area contributed by atoms with Crippen molar-refractivity contribution in [2.45, 2.75) is 25.4 Å². The van der Waals surface area contributed by atoms with Gasteiger partial charge in [-0.1, -0.05) is 15.9 Å². The topological polar surface area (TPSA) is 29.5 Å². The molecule has 1 aliphatic heterocycles. The summed E-state index contributed by atoms with van der Waals surface area (Å²) in [6.07, 6.45) is -2.39. The van der Waals surface area contributed by atoms with Gasteiger partial charge in [-0.05, 0) is 25.2 Å². The van der Waals surface area contributed by atoms with Crippen molar-refractivity contribution < 1.29 is 22.8 Å². The molecule has 1 heterocycles. The van der Waals surface area contributed by atoms with Gasteiger partial charge in [-0.3, -0.25) is 0 Å². The molecule has 94 valence electrons. The van der Waals surface area contributed by atoms with Gasteiger partial charge in [0, 0.05) is 18.4 Å². The van der Waals surface area contributed by atoms with Crippen LogP contribution in [0.2, 0.25) is 0 Å². The second-order valence-corrected chi connectivity index (χ2v) is 4.52. The highest BCUT2D eigenvalue weighted by atomic mass is 79.9. The van der Waals surface area contributed by atoms with Gasteiger partial charge in [0.2, 0.25) is 0 Å². The summed E-state index contributed by atoms with van der Waals surface area (Å²) in [7, 11) is 0. The summed E-state index contributed by atoms with van der Waals surface area (Å²) >= 11 is 3.32.